The highest BCUT2D eigenvalue weighted by Gasteiger charge is 2.14. The fourth-order valence-electron chi connectivity index (χ4n) is 1.44. The van der Waals surface area contributed by atoms with Crippen LogP contribution in [0.15, 0.2) is 29.8 Å². The molecule has 0 atom stereocenters. The largest absolute Gasteiger partial charge is 0.493 e. The molecular formula is C12H11NO3S. The van der Waals surface area contributed by atoms with Crippen LogP contribution in [-0.4, -0.2) is 25.0 Å². The summed E-state index contributed by atoms with van der Waals surface area (Å²) < 4.78 is 10.3. The van der Waals surface area contributed by atoms with E-state index in [0.717, 1.165) is 0 Å². The first-order chi connectivity index (χ1) is 8.26. The monoisotopic (exact) mass is 249 g/mol. The molecule has 88 valence electrons. The Morgan fingerprint density at radius 2 is 2.00 bits per heavy atom. The van der Waals surface area contributed by atoms with Crippen molar-refractivity contribution >= 4 is 17.1 Å². The molecule has 0 saturated heterocycles. The number of aromatic nitrogens is 1. The molecule has 0 radical (unpaired) electrons. The molecule has 0 bridgehead atoms. The van der Waals surface area contributed by atoms with Gasteiger partial charge in [-0.2, -0.15) is 0 Å². The SMILES string of the molecule is COc1ccc(C(=O)c2nccs2)cc1OC. The molecule has 5 heteroatoms. The lowest BCUT2D eigenvalue weighted by Crippen LogP contribution is -2.01. The van der Waals surface area contributed by atoms with Crippen LogP contribution in [0.25, 0.3) is 0 Å². The normalized spacial score (nSPS) is 10.0. The summed E-state index contributed by atoms with van der Waals surface area (Å²) in [7, 11) is 3.09. The fourth-order valence-corrected chi connectivity index (χ4v) is 2.03. The second-order valence-corrected chi connectivity index (χ2v) is 4.13. The van der Waals surface area contributed by atoms with Crippen molar-refractivity contribution in [3.63, 3.8) is 0 Å². The summed E-state index contributed by atoms with van der Waals surface area (Å²) in [6.07, 6.45) is 1.61. The van der Waals surface area contributed by atoms with Crippen LogP contribution in [0.4, 0.5) is 0 Å². The second kappa shape index (κ2) is 4.97. The highest BCUT2D eigenvalue weighted by Crippen LogP contribution is 2.28. The van der Waals surface area contributed by atoms with Gasteiger partial charge in [0.15, 0.2) is 16.5 Å². The third-order valence-electron chi connectivity index (χ3n) is 2.27. The maximum Gasteiger partial charge on any atom is 0.221 e. The predicted octanol–water partition coefficient (Wildman–Crippen LogP) is 2.39. The van der Waals surface area contributed by atoms with Crippen molar-refractivity contribution < 1.29 is 14.3 Å². The number of carbonyl (C=O) groups is 1. The number of benzene rings is 1. The molecule has 1 heterocycles. The number of methoxy groups -OCH3 is 2. The third kappa shape index (κ3) is 2.29. The van der Waals surface area contributed by atoms with Crippen molar-refractivity contribution in [2.45, 2.75) is 0 Å². The van der Waals surface area contributed by atoms with Crippen molar-refractivity contribution in [3.8, 4) is 11.5 Å². The number of carbonyl (C=O) groups excluding carboxylic acids is 1. The zero-order valence-corrected chi connectivity index (χ0v) is 10.3. The van der Waals surface area contributed by atoms with Crippen LogP contribution in [0.5, 0.6) is 11.5 Å². The van der Waals surface area contributed by atoms with Crippen molar-refractivity contribution in [3.05, 3.63) is 40.3 Å². The Hall–Kier alpha value is -1.88. The zero-order valence-electron chi connectivity index (χ0n) is 9.47. The minimum atomic E-state index is -0.110. The molecule has 0 aliphatic heterocycles. The molecule has 0 N–H and O–H groups in total. The Bertz CT molecular complexity index is 523. The highest BCUT2D eigenvalue weighted by atomic mass is 32.1. The number of ether oxygens (including phenoxy) is 2. The first-order valence-corrected chi connectivity index (χ1v) is 5.80. The van der Waals surface area contributed by atoms with Gasteiger partial charge < -0.3 is 9.47 Å². The Labute approximate surface area is 103 Å². The molecule has 17 heavy (non-hydrogen) atoms. The minimum absolute atomic E-state index is 0.110. The standard InChI is InChI=1S/C12H11NO3S/c1-15-9-4-3-8(7-10(9)16-2)11(14)12-13-5-6-17-12/h3-7H,1-2H3. The van der Waals surface area contributed by atoms with Gasteiger partial charge in [-0.3, -0.25) is 4.79 Å². The molecule has 0 saturated carbocycles. The maximum absolute atomic E-state index is 12.0. The van der Waals surface area contributed by atoms with E-state index in [9.17, 15) is 4.79 Å². The van der Waals surface area contributed by atoms with E-state index in [1.54, 1.807) is 36.9 Å². The molecule has 0 amide bonds. The average molecular weight is 249 g/mol. The van der Waals surface area contributed by atoms with Gasteiger partial charge in [-0.1, -0.05) is 0 Å². The van der Waals surface area contributed by atoms with Gasteiger partial charge in [0.1, 0.15) is 0 Å². The van der Waals surface area contributed by atoms with Gasteiger partial charge in [0, 0.05) is 17.1 Å². The number of rotatable bonds is 4. The van der Waals surface area contributed by atoms with Crippen LogP contribution < -0.4 is 9.47 Å². The highest BCUT2D eigenvalue weighted by molar-refractivity contribution is 7.11. The van der Waals surface area contributed by atoms with Gasteiger partial charge in [-0.15, -0.1) is 11.3 Å². The van der Waals surface area contributed by atoms with Crippen LogP contribution >= 0.6 is 11.3 Å². The van der Waals surface area contributed by atoms with Crippen LogP contribution in [-0.2, 0) is 0 Å². The Morgan fingerprint density at radius 1 is 1.24 bits per heavy atom. The fraction of sp³-hybridized carbons (Fsp3) is 0.167. The molecule has 0 fully saturated rings. The summed E-state index contributed by atoms with van der Waals surface area (Å²) in [6.45, 7) is 0. The summed E-state index contributed by atoms with van der Waals surface area (Å²) in [5.74, 6) is 1.03. The van der Waals surface area contributed by atoms with E-state index in [2.05, 4.69) is 4.98 Å². The van der Waals surface area contributed by atoms with Crippen molar-refractivity contribution in [1.29, 1.82) is 0 Å². The molecule has 0 aliphatic carbocycles. The molecule has 2 aromatic rings. The topological polar surface area (TPSA) is 48.4 Å². The lowest BCUT2D eigenvalue weighted by Gasteiger charge is -2.08. The summed E-state index contributed by atoms with van der Waals surface area (Å²) >= 11 is 1.32. The zero-order chi connectivity index (χ0) is 12.3. The van der Waals surface area contributed by atoms with E-state index in [1.165, 1.54) is 18.4 Å². The van der Waals surface area contributed by atoms with Gasteiger partial charge in [-0.05, 0) is 18.2 Å². The third-order valence-corrected chi connectivity index (χ3v) is 3.04. The Morgan fingerprint density at radius 3 is 2.59 bits per heavy atom. The molecule has 4 nitrogen and oxygen atoms in total. The van der Waals surface area contributed by atoms with Gasteiger partial charge in [0.05, 0.1) is 14.2 Å². The second-order valence-electron chi connectivity index (χ2n) is 3.24. The summed E-state index contributed by atoms with van der Waals surface area (Å²) in [5, 5.41) is 2.24. The minimum Gasteiger partial charge on any atom is -0.493 e. The molecule has 0 spiro atoms. The van der Waals surface area contributed by atoms with Crippen LogP contribution in [0.2, 0.25) is 0 Å². The van der Waals surface area contributed by atoms with E-state index in [1.807, 2.05) is 0 Å². The lowest BCUT2D eigenvalue weighted by atomic mass is 10.1. The summed E-state index contributed by atoms with van der Waals surface area (Å²) in [6, 6.07) is 5.06. The number of nitrogens with zero attached hydrogens (tertiary/aromatic N) is 1. The van der Waals surface area contributed by atoms with Crippen LogP contribution in [0.1, 0.15) is 15.4 Å². The first kappa shape index (κ1) is 11.6. The van der Waals surface area contributed by atoms with Crippen LogP contribution in [0, 0.1) is 0 Å². The Kier molecular flexibility index (Phi) is 3.39. The number of thiazole rings is 1. The van der Waals surface area contributed by atoms with Gasteiger partial charge >= 0.3 is 0 Å². The molecule has 0 aliphatic rings. The van der Waals surface area contributed by atoms with Crippen molar-refractivity contribution in [2.24, 2.45) is 0 Å². The maximum atomic E-state index is 12.0. The van der Waals surface area contributed by atoms with Gasteiger partial charge in [-0.25, -0.2) is 4.98 Å². The average Bonchev–Trinajstić information content (AvgIpc) is 2.90. The predicted molar refractivity (Wildman–Crippen MR) is 65.1 cm³/mol. The van der Waals surface area contributed by atoms with E-state index >= 15 is 0 Å². The number of ketones is 1. The van der Waals surface area contributed by atoms with E-state index < -0.39 is 0 Å². The molecular weight excluding hydrogens is 238 g/mol. The van der Waals surface area contributed by atoms with Crippen molar-refractivity contribution in [2.75, 3.05) is 14.2 Å². The molecule has 0 unspecified atom stereocenters. The molecule has 1 aromatic carbocycles. The molecule has 1 aromatic heterocycles. The molecule has 2 rings (SSSR count). The van der Waals surface area contributed by atoms with E-state index in [-0.39, 0.29) is 5.78 Å². The summed E-state index contributed by atoms with van der Waals surface area (Å²) in [4.78, 5) is 16.0. The lowest BCUT2D eigenvalue weighted by molar-refractivity contribution is 0.103. The number of hydrogen-bond donors (Lipinski definition) is 0. The smallest absolute Gasteiger partial charge is 0.221 e. The summed E-state index contributed by atoms with van der Waals surface area (Å²) in [5.41, 5.74) is 0.539. The first-order valence-electron chi connectivity index (χ1n) is 4.92. The van der Waals surface area contributed by atoms with Crippen LogP contribution in [0.3, 0.4) is 0 Å². The van der Waals surface area contributed by atoms with Crippen molar-refractivity contribution in [1.82, 2.24) is 4.98 Å². The van der Waals surface area contributed by atoms with E-state index in [0.29, 0.717) is 22.1 Å². The van der Waals surface area contributed by atoms with Gasteiger partial charge in [0.25, 0.3) is 0 Å². The number of hydrogen-bond acceptors (Lipinski definition) is 5. The van der Waals surface area contributed by atoms with Gasteiger partial charge in [0.2, 0.25) is 5.78 Å². The van der Waals surface area contributed by atoms with E-state index in [4.69, 9.17) is 9.47 Å². The quantitative estimate of drug-likeness (QED) is 0.781. The Balaban J connectivity index is 2.37.